The van der Waals surface area contributed by atoms with Gasteiger partial charge in [-0.05, 0) is 43.9 Å². The van der Waals surface area contributed by atoms with Crippen molar-refractivity contribution in [1.82, 2.24) is 19.8 Å². The normalized spacial score (nSPS) is 31.8. The Bertz CT molecular complexity index is 783. The summed E-state index contributed by atoms with van der Waals surface area (Å²) in [5, 5.41) is 0. The fourth-order valence-electron chi connectivity index (χ4n) is 5.77. The molecule has 0 bridgehead atoms. The van der Waals surface area contributed by atoms with Gasteiger partial charge in [-0.25, -0.2) is 9.97 Å². The predicted molar refractivity (Wildman–Crippen MR) is 104 cm³/mol. The SMILES string of the molecule is CC(=O)N1CCc2nc([C@@H]3CCCCN3C(=O)C3[C@@H]4CCCC[C@@H]34)ncc2C1. The van der Waals surface area contributed by atoms with Crippen molar-refractivity contribution >= 4 is 11.8 Å². The van der Waals surface area contributed by atoms with Gasteiger partial charge in [-0.15, -0.1) is 0 Å². The fraction of sp³-hybridized carbons (Fsp3) is 0.727. The first-order valence-electron chi connectivity index (χ1n) is 11.0. The smallest absolute Gasteiger partial charge is 0.226 e. The molecule has 6 heteroatoms. The molecule has 1 saturated heterocycles. The summed E-state index contributed by atoms with van der Waals surface area (Å²) in [6.45, 7) is 3.78. The number of aromatic nitrogens is 2. The van der Waals surface area contributed by atoms with Gasteiger partial charge in [-0.1, -0.05) is 12.8 Å². The van der Waals surface area contributed by atoms with Crippen molar-refractivity contribution in [3.63, 3.8) is 0 Å². The van der Waals surface area contributed by atoms with Gasteiger partial charge in [0.25, 0.3) is 0 Å². The number of nitrogens with zero attached hydrogens (tertiary/aromatic N) is 4. The van der Waals surface area contributed by atoms with Gasteiger partial charge in [0.1, 0.15) is 0 Å². The van der Waals surface area contributed by atoms with Crippen LogP contribution in [0.5, 0.6) is 0 Å². The molecule has 0 spiro atoms. The molecule has 2 saturated carbocycles. The summed E-state index contributed by atoms with van der Waals surface area (Å²) >= 11 is 0. The minimum atomic E-state index is 0.0278. The number of amides is 2. The third-order valence-corrected chi connectivity index (χ3v) is 7.42. The first kappa shape index (κ1) is 18.1. The molecule has 2 aliphatic heterocycles. The van der Waals surface area contributed by atoms with Crippen LogP contribution in [-0.4, -0.2) is 44.7 Å². The van der Waals surface area contributed by atoms with E-state index >= 15 is 0 Å². The first-order chi connectivity index (χ1) is 13.6. The zero-order valence-electron chi connectivity index (χ0n) is 16.8. The third-order valence-electron chi connectivity index (χ3n) is 7.42. The number of carbonyl (C=O) groups is 2. The molecule has 3 heterocycles. The zero-order chi connectivity index (χ0) is 19.3. The molecule has 2 aliphatic carbocycles. The van der Waals surface area contributed by atoms with Gasteiger partial charge < -0.3 is 9.80 Å². The van der Waals surface area contributed by atoms with Gasteiger partial charge in [-0.2, -0.15) is 0 Å². The predicted octanol–water partition coefficient (Wildman–Crippen LogP) is 2.87. The Hall–Kier alpha value is -1.98. The molecule has 1 aromatic heterocycles. The van der Waals surface area contributed by atoms with Crippen LogP contribution in [0, 0.1) is 17.8 Å². The topological polar surface area (TPSA) is 66.4 Å². The van der Waals surface area contributed by atoms with E-state index in [1.165, 1.54) is 25.7 Å². The Kier molecular flexibility index (Phi) is 4.60. The highest BCUT2D eigenvalue weighted by Gasteiger charge is 2.56. The van der Waals surface area contributed by atoms with Gasteiger partial charge in [0.05, 0.1) is 11.7 Å². The molecule has 4 aliphatic rings. The standard InChI is InChI=1S/C22H30N4O2/c1-14(27)25-11-9-18-15(13-25)12-23-21(24-18)19-8-4-5-10-26(19)22(28)20-16-6-2-3-7-17(16)20/h12,16-17,19-20H,2-11,13H2,1H3/t16-,17-,19+/m1/s1. The van der Waals surface area contributed by atoms with E-state index in [9.17, 15) is 9.59 Å². The molecule has 1 aromatic rings. The van der Waals surface area contributed by atoms with Crippen LogP contribution in [0.15, 0.2) is 6.20 Å². The summed E-state index contributed by atoms with van der Waals surface area (Å²) in [4.78, 5) is 38.5. The Morgan fingerprint density at radius 2 is 1.79 bits per heavy atom. The minimum Gasteiger partial charge on any atom is -0.338 e. The van der Waals surface area contributed by atoms with E-state index in [0.717, 1.165) is 55.9 Å². The molecule has 0 N–H and O–H groups in total. The van der Waals surface area contributed by atoms with Gasteiger partial charge in [-0.3, -0.25) is 9.59 Å². The lowest BCUT2D eigenvalue weighted by Crippen LogP contribution is -2.41. The molecule has 6 nitrogen and oxygen atoms in total. The zero-order valence-corrected chi connectivity index (χ0v) is 16.8. The van der Waals surface area contributed by atoms with E-state index < -0.39 is 0 Å². The second-order valence-electron chi connectivity index (χ2n) is 9.07. The van der Waals surface area contributed by atoms with Gasteiger partial charge in [0.15, 0.2) is 5.82 Å². The van der Waals surface area contributed by atoms with E-state index in [4.69, 9.17) is 4.98 Å². The van der Waals surface area contributed by atoms with E-state index in [1.807, 2.05) is 11.1 Å². The molecule has 150 valence electrons. The number of hydrogen-bond acceptors (Lipinski definition) is 4. The second kappa shape index (κ2) is 7.12. The summed E-state index contributed by atoms with van der Waals surface area (Å²) in [7, 11) is 0. The maximum Gasteiger partial charge on any atom is 0.226 e. The maximum absolute atomic E-state index is 13.3. The van der Waals surface area contributed by atoms with Crippen molar-refractivity contribution in [1.29, 1.82) is 0 Å². The lowest BCUT2D eigenvalue weighted by Gasteiger charge is -2.36. The monoisotopic (exact) mass is 382 g/mol. The van der Waals surface area contributed by atoms with Crippen LogP contribution >= 0.6 is 0 Å². The van der Waals surface area contributed by atoms with Crippen LogP contribution in [0.25, 0.3) is 0 Å². The molecule has 5 rings (SSSR count). The van der Waals surface area contributed by atoms with Gasteiger partial charge in [0, 0.05) is 50.7 Å². The van der Waals surface area contributed by atoms with Crippen molar-refractivity contribution in [3.05, 3.63) is 23.3 Å². The fourth-order valence-corrected chi connectivity index (χ4v) is 5.77. The van der Waals surface area contributed by atoms with Crippen LogP contribution in [0.3, 0.4) is 0 Å². The molecule has 28 heavy (non-hydrogen) atoms. The lowest BCUT2D eigenvalue weighted by molar-refractivity contribution is -0.137. The van der Waals surface area contributed by atoms with Crippen LogP contribution in [0.4, 0.5) is 0 Å². The number of carbonyl (C=O) groups excluding carboxylic acids is 2. The summed E-state index contributed by atoms with van der Waals surface area (Å²) in [6, 6.07) is 0.0278. The Morgan fingerprint density at radius 3 is 2.54 bits per heavy atom. The largest absolute Gasteiger partial charge is 0.338 e. The van der Waals surface area contributed by atoms with E-state index in [-0.39, 0.29) is 17.9 Å². The van der Waals surface area contributed by atoms with Crippen molar-refractivity contribution in [2.24, 2.45) is 17.8 Å². The molecule has 3 fully saturated rings. The Labute approximate surface area is 166 Å². The van der Waals surface area contributed by atoms with Crippen molar-refractivity contribution in [2.75, 3.05) is 13.1 Å². The van der Waals surface area contributed by atoms with Crippen molar-refractivity contribution in [3.8, 4) is 0 Å². The summed E-state index contributed by atoms with van der Waals surface area (Å²) in [5.74, 6) is 2.84. The number of piperidine rings is 1. The quantitative estimate of drug-likeness (QED) is 0.789. The summed E-state index contributed by atoms with van der Waals surface area (Å²) < 4.78 is 0. The molecule has 0 unspecified atom stereocenters. The van der Waals surface area contributed by atoms with Crippen molar-refractivity contribution < 1.29 is 9.59 Å². The molecule has 3 atom stereocenters. The number of rotatable bonds is 2. The van der Waals surface area contributed by atoms with Gasteiger partial charge in [0.2, 0.25) is 11.8 Å². The Balaban J connectivity index is 1.35. The number of fused-ring (bicyclic) bond motifs is 2. The highest BCUT2D eigenvalue weighted by atomic mass is 16.2. The molecular formula is C22H30N4O2. The highest BCUT2D eigenvalue weighted by Crippen LogP contribution is 2.56. The minimum absolute atomic E-state index is 0.0278. The molecular weight excluding hydrogens is 352 g/mol. The summed E-state index contributed by atoms with van der Waals surface area (Å²) in [5.41, 5.74) is 2.10. The number of likely N-dealkylation sites (tertiary alicyclic amines) is 1. The second-order valence-corrected chi connectivity index (χ2v) is 9.07. The molecule has 0 radical (unpaired) electrons. The van der Waals surface area contributed by atoms with Crippen LogP contribution < -0.4 is 0 Å². The van der Waals surface area contributed by atoms with E-state index in [0.29, 0.717) is 24.3 Å². The van der Waals surface area contributed by atoms with Crippen LogP contribution in [0.2, 0.25) is 0 Å². The third kappa shape index (κ3) is 3.11. The van der Waals surface area contributed by atoms with E-state index in [2.05, 4.69) is 9.88 Å². The lowest BCUT2D eigenvalue weighted by atomic mass is 9.99. The van der Waals surface area contributed by atoms with Gasteiger partial charge >= 0.3 is 0 Å². The maximum atomic E-state index is 13.3. The average Bonchev–Trinajstić information content (AvgIpc) is 3.47. The number of hydrogen-bond donors (Lipinski definition) is 0. The van der Waals surface area contributed by atoms with Crippen molar-refractivity contribution in [2.45, 2.75) is 70.9 Å². The first-order valence-corrected chi connectivity index (χ1v) is 11.0. The highest BCUT2D eigenvalue weighted by molar-refractivity contribution is 5.83. The molecule has 0 aromatic carbocycles. The molecule has 2 amide bonds. The average molecular weight is 383 g/mol. The Morgan fingerprint density at radius 1 is 1.04 bits per heavy atom. The van der Waals surface area contributed by atoms with Crippen LogP contribution in [0.1, 0.15) is 75.0 Å². The van der Waals surface area contributed by atoms with Crippen LogP contribution in [-0.2, 0) is 22.6 Å². The van der Waals surface area contributed by atoms with E-state index in [1.54, 1.807) is 6.92 Å². The summed E-state index contributed by atoms with van der Waals surface area (Å²) in [6.07, 6.45) is 10.9.